The van der Waals surface area contributed by atoms with Crippen LogP contribution in [0.15, 0.2) is 48.7 Å². The van der Waals surface area contributed by atoms with Crippen LogP contribution in [-0.4, -0.2) is 4.98 Å². The molecule has 1 aromatic heterocycles. The van der Waals surface area contributed by atoms with E-state index in [1.165, 1.54) is 30.4 Å². The highest BCUT2D eigenvalue weighted by molar-refractivity contribution is 8.93. The largest absolute Gasteiger partial charge is 0.304 e. The first-order chi connectivity index (χ1) is 8.93. The van der Waals surface area contributed by atoms with E-state index in [1.807, 2.05) is 18.3 Å². The van der Waals surface area contributed by atoms with Crippen molar-refractivity contribution in [2.45, 2.75) is 31.8 Å². The van der Waals surface area contributed by atoms with E-state index in [0.717, 1.165) is 12.2 Å². The zero-order valence-electron chi connectivity index (χ0n) is 10.9. The molecule has 1 aromatic carbocycles. The first-order valence-electron chi connectivity index (χ1n) is 6.64. The Bertz CT molecular complexity index is 513. The molecule has 1 atom stereocenters. The van der Waals surface area contributed by atoms with Crippen molar-refractivity contribution in [3.63, 3.8) is 0 Å². The van der Waals surface area contributed by atoms with E-state index in [9.17, 15) is 0 Å². The van der Waals surface area contributed by atoms with Crippen LogP contribution in [0.5, 0.6) is 0 Å². The molecule has 19 heavy (non-hydrogen) atoms. The summed E-state index contributed by atoms with van der Waals surface area (Å²) >= 11 is 0. The summed E-state index contributed by atoms with van der Waals surface area (Å²) in [5.41, 5.74) is 4.09. The number of fused-ring (bicyclic) bond motifs is 1. The molecule has 1 unspecified atom stereocenters. The normalized spacial score (nSPS) is 17.4. The van der Waals surface area contributed by atoms with Crippen LogP contribution in [0.1, 0.15) is 35.7 Å². The van der Waals surface area contributed by atoms with E-state index in [-0.39, 0.29) is 17.0 Å². The molecule has 1 aliphatic carbocycles. The lowest BCUT2D eigenvalue weighted by atomic mass is 9.88. The maximum absolute atomic E-state index is 4.36. The average molecular weight is 319 g/mol. The van der Waals surface area contributed by atoms with Crippen molar-refractivity contribution in [1.29, 1.82) is 0 Å². The minimum absolute atomic E-state index is 0. The van der Waals surface area contributed by atoms with Crippen molar-refractivity contribution < 1.29 is 0 Å². The molecular formula is C16H19BrN2. The smallest absolute Gasteiger partial charge is 0.0541 e. The van der Waals surface area contributed by atoms with Crippen LogP contribution < -0.4 is 5.32 Å². The third-order valence-corrected chi connectivity index (χ3v) is 3.63. The summed E-state index contributed by atoms with van der Waals surface area (Å²) in [6, 6.07) is 15.3. The van der Waals surface area contributed by atoms with Gasteiger partial charge in [-0.2, -0.15) is 0 Å². The fraction of sp³-hybridized carbons (Fsp3) is 0.312. The summed E-state index contributed by atoms with van der Waals surface area (Å²) in [7, 11) is 0. The molecule has 0 radical (unpaired) electrons. The number of hydrogen-bond acceptors (Lipinski definition) is 2. The summed E-state index contributed by atoms with van der Waals surface area (Å²) in [5.74, 6) is 0. The van der Waals surface area contributed by atoms with Crippen LogP contribution in [0.2, 0.25) is 0 Å². The molecular weight excluding hydrogens is 300 g/mol. The molecule has 1 N–H and O–H groups in total. The average Bonchev–Trinajstić information content (AvgIpc) is 2.46. The third kappa shape index (κ3) is 3.43. The van der Waals surface area contributed by atoms with Crippen molar-refractivity contribution in [2.75, 3.05) is 0 Å². The second kappa shape index (κ2) is 6.83. The van der Waals surface area contributed by atoms with Gasteiger partial charge in [-0.25, -0.2) is 0 Å². The van der Waals surface area contributed by atoms with E-state index in [4.69, 9.17) is 0 Å². The zero-order chi connectivity index (χ0) is 12.2. The maximum Gasteiger partial charge on any atom is 0.0541 e. The highest BCUT2D eigenvalue weighted by Gasteiger charge is 2.18. The van der Waals surface area contributed by atoms with E-state index in [0.29, 0.717) is 6.04 Å². The molecule has 0 saturated heterocycles. The van der Waals surface area contributed by atoms with Gasteiger partial charge < -0.3 is 5.32 Å². The summed E-state index contributed by atoms with van der Waals surface area (Å²) in [4.78, 5) is 4.36. The first kappa shape index (κ1) is 14.2. The van der Waals surface area contributed by atoms with Gasteiger partial charge in [0.1, 0.15) is 0 Å². The fourth-order valence-electron chi connectivity index (χ4n) is 2.70. The van der Waals surface area contributed by atoms with Crippen molar-refractivity contribution >= 4 is 17.0 Å². The molecule has 0 saturated carbocycles. The number of nitrogens with one attached hydrogen (secondary N) is 1. The lowest BCUT2D eigenvalue weighted by molar-refractivity contribution is 0.456. The number of benzene rings is 1. The minimum atomic E-state index is 0. The second-order valence-corrected chi connectivity index (χ2v) is 4.85. The highest BCUT2D eigenvalue weighted by Crippen LogP contribution is 2.29. The molecule has 100 valence electrons. The summed E-state index contributed by atoms with van der Waals surface area (Å²) in [5, 5.41) is 3.63. The minimum Gasteiger partial charge on any atom is -0.304 e. The predicted octanol–water partition coefficient (Wildman–Crippen LogP) is 3.83. The Morgan fingerprint density at radius 3 is 2.79 bits per heavy atom. The molecule has 0 fully saturated rings. The molecule has 2 aromatic rings. The van der Waals surface area contributed by atoms with E-state index in [1.54, 1.807) is 0 Å². The van der Waals surface area contributed by atoms with Crippen molar-refractivity contribution in [2.24, 2.45) is 0 Å². The molecule has 0 spiro atoms. The number of halogens is 1. The van der Waals surface area contributed by atoms with Gasteiger partial charge in [-0.3, -0.25) is 4.98 Å². The molecule has 3 heteroatoms. The van der Waals surface area contributed by atoms with Gasteiger partial charge in [0.05, 0.1) is 5.69 Å². The summed E-state index contributed by atoms with van der Waals surface area (Å²) in [6.45, 7) is 0.847. The Kier molecular flexibility index (Phi) is 5.11. The third-order valence-electron chi connectivity index (χ3n) is 3.63. The number of aromatic nitrogens is 1. The maximum atomic E-state index is 4.36. The van der Waals surface area contributed by atoms with Gasteiger partial charge in [-0.1, -0.05) is 30.3 Å². The van der Waals surface area contributed by atoms with E-state index < -0.39 is 0 Å². The molecule has 1 aliphatic rings. The Labute approximate surface area is 125 Å². The Morgan fingerprint density at radius 1 is 1.11 bits per heavy atom. The van der Waals surface area contributed by atoms with Gasteiger partial charge in [0.2, 0.25) is 0 Å². The van der Waals surface area contributed by atoms with E-state index in [2.05, 4.69) is 40.6 Å². The van der Waals surface area contributed by atoms with Crippen molar-refractivity contribution in [1.82, 2.24) is 10.3 Å². The number of rotatable bonds is 3. The lowest BCUT2D eigenvalue weighted by Crippen LogP contribution is -2.25. The van der Waals surface area contributed by atoms with Crippen LogP contribution in [0.4, 0.5) is 0 Å². The molecule has 0 amide bonds. The molecule has 0 aliphatic heterocycles. The Morgan fingerprint density at radius 2 is 1.95 bits per heavy atom. The SMILES string of the molecule is Br.c1ccc(CNC2CCCc3ccccc32)nc1. The zero-order valence-corrected chi connectivity index (χ0v) is 12.6. The van der Waals surface area contributed by atoms with Crippen molar-refractivity contribution in [3.8, 4) is 0 Å². The lowest BCUT2D eigenvalue weighted by Gasteiger charge is -2.26. The fourth-order valence-corrected chi connectivity index (χ4v) is 2.70. The Balaban J connectivity index is 0.00000133. The summed E-state index contributed by atoms with van der Waals surface area (Å²) < 4.78 is 0. The van der Waals surface area contributed by atoms with Gasteiger partial charge in [-0.05, 0) is 42.5 Å². The quantitative estimate of drug-likeness (QED) is 0.930. The van der Waals surface area contributed by atoms with Crippen LogP contribution >= 0.6 is 17.0 Å². The number of aryl methyl sites for hydroxylation is 1. The monoisotopic (exact) mass is 318 g/mol. The van der Waals surface area contributed by atoms with Crippen LogP contribution in [-0.2, 0) is 13.0 Å². The van der Waals surface area contributed by atoms with E-state index >= 15 is 0 Å². The predicted molar refractivity (Wildman–Crippen MR) is 83.5 cm³/mol. The number of pyridine rings is 1. The van der Waals surface area contributed by atoms with Gasteiger partial charge in [0.25, 0.3) is 0 Å². The summed E-state index contributed by atoms with van der Waals surface area (Å²) in [6.07, 6.45) is 5.57. The van der Waals surface area contributed by atoms with Gasteiger partial charge in [0, 0.05) is 18.8 Å². The molecule has 1 heterocycles. The van der Waals surface area contributed by atoms with Gasteiger partial charge >= 0.3 is 0 Å². The van der Waals surface area contributed by atoms with Gasteiger partial charge in [0.15, 0.2) is 0 Å². The highest BCUT2D eigenvalue weighted by atomic mass is 79.9. The number of nitrogens with zero attached hydrogens (tertiary/aromatic N) is 1. The number of hydrogen-bond donors (Lipinski definition) is 1. The van der Waals surface area contributed by atoms with Crippen molar-refractivity contribution in [3.05, 3.63) is 65.5 Å². The first-order valence-corrected chi connectivity index (χ1v) is 6.64. The molecule has 0 bridgehead atoms. The molecule has 3 rings (SSSR count). The van der Waals surface area contributed by atoms with Crippen LogP contribution in [0, 0.1) is 0 Å². The van der Waals surface area contributed by atoms with Crippen LogP contribution in [0.3, 0.4) is 0 Å². The molecule has 2 nitrogen and oxygen atoms in total. The Hall–Kier alpha value is -1.19. The van der Waals surface area contributed by atoms with Crippen LogP contribution in [0.25, 0.3) is 0 Å². The standard InChI is InChI=1S/C16H18N2.BrH/c1-2-9-15-13(6-1)7-5-10-16(15)18-12-14-8-3-4-11-17-14;/h1-4,6,8-9,11,16,18H,5,7,10,12H2;1H. The topological polar surface area (TPSA) is 24.9 Å². The van der Waals surface area contributed by atoms with Gasteiger partial charge in [-0.15, -0.1) is 17.0 Å². The second-order valence-electron chi connectivity index (χ2n) is 4.85.